The van der Waals surface area contributed by atoms with Gasteiger partial charge >= 0.3 is 0 Å². The zero-order chi connectivity index (χ0) is 22.5. The van der Waals surface area contributed by atoms with Crippen LogP contribution in [-0.4, -0.2) is 29.6 Å². The number of fused-ring (bicyclic) bond motifs is 2. The van der Waals surface area contributed by atoms with Gasteiger partial charge in [-0.05, 0) is 61.6 Å². The molecule has 2 aromatic rings. The molecule has 1 aromatic heterocycles. The third-order valence-electron chi connectivity index (χ3n) is 6.62. The van der Waals surface area contributed by atoms with Gasteiger partial charge in [0.25, 0.3) is 5.91 Å². The van der Waals surface area contributed by atoms with Gasteiger partial charge in [-0.1, -0.05) is 20.8 Å². The van der Waals surface area contributed by atoms with Crippen LogP contribution in [-0.2, 0) is 11.2 Å². The zero-order valence-corrected chi connectivity index (χ0v) is 19.5. The Hall–Kier alpha value is -2.61. The quantitative estimate of drug-likeness (QED) is 0.709. The van der Waals surface area contributed by atoms with E-state index in [9.17, 15) is 9.59 Å². The fourth-order valence-electron chi connectivity index (χ4n) is 5.50. The van der Waals surface area contributed by atoms with Gasteiger partial charge in [0.05, 0.1) is 11.6 Å². The fraction of sp³-hybridized carbons (Fsp3) is 0.542. The van der Waals surface area contributed by atoms with E-state index in [4.69, 9.17) is 9.47 Å². The number of carbonyl (C=O) groups excluding carboxylic acids is 2. The van der Waals surface area contributed by atoms with Crippen LogP contribution < -0.4 is 20.1 Å². The lowest BCUT2D eigenvalue weighted by Gasteiger charge is -2.39. The number of nitrogens with zero attached hydrogens (tertiary/aromatic N) is 1. The molecule has 3 aliphatic rings. The van der Waals surface area contributed by atoms with Crippen molar-refractivity contribution in [2.24, 2.45) is 11.3 Å². The normalized spacial score (nSPS) is 25.3. The molecule has 8 heteroatoms. The molecular weight excluding hydrogens is 426 g/mol. The highest BCUT2D eigenvalue weighted by Gasteiger charge is 2.37. The number of ether oxygens (including phenoxy) is 2. The maximum atomic E-state index is 13.1. The Labute approximate surface area is 191 Å². The van der Waals surface area contributed by atoms with E-state index >= 15 is 0 Å². The molecule has 2 heterocycles. The predicted octanol–water partition coefficient (Wildman–Crippen LogP) is 4.48. The fourth-order valence-corrected chi connectivity index (χ4v) is 6.53. The van der Waals surface area contributed by atoms with Crippen molar-refractivity contribution in [2.45, 2.75) is 64.8 Å². The average molecular weight is 456 g/mol. The molecule has 2 amide bonds. The van der Waals surface area contributed by atoms with Gasteiger partial charge in [-0.3, -0.25) is 14.9 Å². The van der Waals surface area contributed by atoms with E-state index < -0.39 is 0 Å². The second-order valence-electron chi connectivity index (χ2n) is 10.1. The molecular formula is C24H29N3O4S. The van der Waals surface area contributed by atoms with E-state index in [1.54, 1.807) is 18.2 Å². The van der Waals surface area contributed by atoms with Crippen molar-refractivity contribution < 1.29 is 19.1 Å². The topological polar surface area (TPSA) is 89.6 Å². The van der Waals surface area contributed by atoms with Crippen LogP contribution in [0.15, 0.2) is 18.2 Å². The molecule has 32 heavy (non-hydrogen) atoms. The molecule has 5 rings (SSSR count). The number of anilines is 1. The number of rotatable bonds is 4. The average Bonchev–Trinajstić information content (AvgIpc) is 3.40. The highest BCUT2D eigenvalue weighted by atomic mass is 32.1. The summed E-state index contributed by atoms with van der Waals surface area (Å²) in [6.07, 6.45) is 4.84. The minimum atomic E-state index is -0.254. The summed E-state index contributed by atoms with van der Waals surface area (Å²) in [5.74, 6) is 1.39. The number of aromatic nitrogens is 1. The standard InChI is InChI=1S/C24H29N3O4S/c1-13-8-15(11-24(2,3)10-13)25-22(29)16-5-7-19-20(16)26-23(32-19)27-21(28)14-4-6-17-18(9-14)31-12-30-17/h4,6,9,13,15-16H,5,7-8,10-12H2,1-3H3,(H,25,29)(H,26,27,28)/t13-,15+,16+/m1/s1. The summed E-state index contributed by atoms with van der Waals surface area (Å²) in [6.45, 7) is 7.00. The number of hydrogen-bond donors (Lipinski definition) is 2. The first kappa shape index (κ1) is 21.2. The molecule has 2 N–H and O–H groups in total. The van der Waals surface area contributed by atoms with Crippen molar-refractivity contribution in [3.05, 3.63) is 34.3 Å². The summed E-state index contributed by atoms with van der Waals surface area (Å²) < 4.78 is 10.6. The van der Waals surface area contributed by atoms with Crippen LogP contribution in [0.5, 0.6) is 11.5 Å². The van der Waals surface area contributed by atoms with Gasteiger partial charge in [0.1, 0.15) is 0 Å². The van der Waals surface area contributed by atoms with Gasteiger partial charge in [0.15, 0.2) is 16.6 Å². The number of benzene rings is 1. The molecule has 0 spiro atoms. The van der Waals surface area contributed by atoms with Gasteiger partial charge in [-0.15, -0.1) is 11.3 Å². The molecule has 1 aromatic carbocycles. The van der Waals surface area contributed by atoms with Crippen LogP contribution >= 0.6 is 11.3 Å². The minimum absolute atomic E-state index is 0.0672. The number of thiazole rings is 1. The Morgan fingerprint density at radius 1 is 1.19 bits per heavy atom. The lowest BCUT2D eigenvalue weighted by molar-refractivity contribution is -0.123. The molecule has 1 fully saturated rings. The van der Waals surface area contributed by atoms with Gasteiger partial charge in [0, 0.05) is 16.5 Å². The number of hydrogen-bond acceptors (Lipinski definition) is 6. The molecule has 3 atom stereocenters. The molecule has 170 valence electrons. The largest absolute Gasteiger partial charge is 0.454 e. The summed E-state index contributed by atoms with van der Waals surface area (Å²) in [7, 11) is 0. The van der Waals surface area contributed by atoms with Crippen molar-refractivity contribution in [1.29, 1.82) is 0 Å². The van der Waals surface area contributed by atoms with E-state index in [1.165, 1.54) is 17.8 Å². The van der Waals surface area contributed by atoms with Crippen molar-refractivity contribution >= 4 is 28.3 Å². The van der Waals surface area contributed by atoms with Crippen LogP contribution in [0.3, 0.4) is 0 Å². The third-order valence-corrected chi connectivity index (χ3v) is 7.67. The molecule has 1 saturated carbocycles. The number of aryl methyl sites for hydroxylation is 1. The predicted molar refractivity (Wildman–Crippen MR) is 122 cm³/mol. The summed E-state index contributed by atoms with van der Waals surface area (Å²) in [6, 6.07) is 5.32. The lowest BCUT2D eigenvalue weighted by Crippen LogP contribution is -2.44. The van der Waals surface area contributed by atoms with E-state index in [-0.39, 0.29) is 36.0 Å². The summed E-state index contributed by atoms with van der Waals surface area (Å²) in [5.41, 5.74) is 1.55. The summed E-state index contributed by atoms with van der Waals surface area (Å²) in [5, 5.41) is 6.71. The first-order valence-electron chi connectivity index (χ1n) is 11.3. The maximum absolute atomic E-state index is 13.1. The molecule has 0 saturated heterocycles. The Balaban J connectivity index is 1.25. The maximum Gasteiger partial charge on any atom is 0.257 e. The third kappa shape index (κ3) is 4.20. The Morgan fingerprint density at radius 2 is 2.00 bits per heavy atom. The van der Waals surface area contributed by atoms with Crippen molar-refractivity contribution in [3.8, 4) is 11.5 Å². The van der Waals surface area contributed by atoms with Gasteiger partial charge in [0.2, 0.25) is 12.7 Å². The smallest absolute Gasteiger partial charge is 0.257 e. The molecule has 0 unspecified atom stereocenters. The van der Waals surface area contributed by atoms with Crippen molar-refractivity contribution in [2.75, 3.05) is 12.1 Å². The van der Waals surface area contributed by atoms with E-state index in [1.807, 2.05) is 0 Å². The first-order chi connectivity index (χ1) is 15.3. The van der Waals surface area contributed by atoms with Crippen molar-refractivity contribution in [1.82, 2.24) is 10.3 Å². The molecule has 0 radical (unpaired) electrons. The Morgan fingerprint density at radius 3 is 2.81 bits per heavy atom. The number of carbonyl (C=O) groups is 2. The van der Waals surface area contributed by atoms with E-state index in [2.05, 4.69) is 36.4 Å². The molecule has 1 aliphatic heterocycles. The van der Waals surface area contributed by atoms with Crippen LogP contribution in [0.4, 0.5) is 5.13 Å². The SMILES string of the molecule is C[C@@H]1C[C@H](NC(=O)[C@H]2CCc3sc(NC(=O)c4ccc5c(c4)OCO5)nc32)CC(C)(C)C1. The van der Waals surface area contributed by atoms with Crippen LogP contribution in [0.1, 0.15) is 73.3 Å². The zero-order valence-electron chi connectivity index (χ0n) is 18.7. The summed E-state index contributed by atoms with van der Waals surface area (Å²) >= 11 is 1.46. The molecule has 2 aliphatic carbocycles. The second-order valence-corrected chi connectivity index (χ2v) is 11.1. The van der Waals surface area contributed by atoms with Gasteiger partial charge in [-0.25, -0.2) is 4.98 Å². The van der Waals surface area contributed by atoms with Gasteiger partial charge < -0.3 is 14.8 Å². The van der Waals surface area contributed by atoms with Crippen molar-refractivity contribution in [3.63, 3.8) is 0 Å². The Kier molecular flexibility index (Phi) is 5.35. The second kappa shape index (κ2) is 8.06. The minimum Gasteiger partial charge on any atom is -0.454 e. The van der Waals surface area contributed by atoms with Crippen LogP contribution in [0, 0.1) is 11.3 Å². The lowest BCUT2D eigenvalue weighted by atomic mass is 9.70. The highest BCUT2D eigenvalue weighted by molar-refractivity contribution is 7.16. The Bertz CT molecular complexity index is 1060. The highest BCUT2D eigenvalue weighted by Crippen LogP contribution is 2.41. The molecule has 7 nitrogen and oxygen atoms in total. The van der Waals surface area contributed by atoms with E-state index in [0.717, 1.165) is 36.3 Å². The summed E-state index contributed by atoms with van der Waals surface area (Å²) in [4.78, 5) is 31.5. The van der Waals surface area contributed by atoms with Crippen LogP contribution in [0.25, 0.3) is 0 Å². The monoisotopic (exact) mass is 455 g/mol. The van der Waals surface area contributed by atoms with E-state index in [0.29, 0.717) is 28.1 Å². The van der Waals surface area contributed by atoms with Gasteiger partial charge in [-0.2, -0.15) is 0 Å². The number of nitrogens with one attached hydrogen (secondary N) is 2. The number of amides is 2. The first-order valence-corrected chi connectivity index (χ1v) is 12.1. The van der Waals surface area contributed by atoms with Crippen LogP contribution in [0.2, 0.25) is 0 Å². The molecule has 0 bridgehead atoms.